The molecule has 0 radical (unpaired) electrons. The van der Waals surface area contributed by atoms with Crippen molar-refractivity contribution in [1.29, 1.82) is 0 Å². The molecule has 0 atom stereocenters. The molecule has 0 aliphatic heterocycles. The van der Waals surface area contributed by atoms with Gasteiger partial charge in [0.15, 0.2) is 5.69 Å². The maximum absolute atomic E-state index is 11.9. The normalized spacial score (nSPS) is 11.7. The van der Waals surface area contributed by atoms with E-state index in [0.29, 0.717) is 5.69 Å². The highest BCUT2D eigenvalue weighted by molar-refractivity contribution is 5.88. The second kappa shape index (κ2) is 7.93. The van der Waals surface area contributed by atoms with Gasteiger partial charge in [0, 0.05) is 19.7 Å². The maximum atomic E-state index is 11.9. The van der Waals surface area contributed by atoms with Gasteiger partial charge in [0.05, 0.1) is 12.3 Å². The Labute approximate surface area is 119 Å². The fourth-order valence-electron chi connectivity index (χ4n) is 1.58. The summed E-state index contributed by atoms with van der Waals surface area (Å²) in [7, 11) is 0. The van der Waals surface area contributed by atoms with Crippen molar-refractivity contribution in [3.8, 4) is 0 Å². The zero-order valence-electron chi connectivity index (χ0n) is 11.5. The summed E-state index contributed by atoms with van der Waals surface area (Å²) in [5, 5.41) is 7.43. The molecule has 1 rings (SSSR count). The Morgan fingerprint density at radius 2 is 2.14 bits per heavy atom. The Morgan fingerprint density at radius 1 is 1.43 bits per heavy atom. The number of nitrogens with zero attached hydrogens (tertiary/aromatic N) is 3. The molecule has 7 nitrogen and oxygen atoms in total. The number of aromatic nitrogens is 3. The van der Waals surface area contributed by atoms with Crippen LogP contribution < -0.4 is 5.73 Å². The van der Waals surface area contributed by atoms with Crippen LogP contribution in [0.25, 0.3) is 0 Å². The maximum Gasteiger partial charge on any atom is 0.411 e. The van der Waals surface area contributed by atoms with E-state index in [-0.39, 0.29) is 38.4 Å². The molecule has 2 N–H and O–H groups in total. The molecule has 1 aromatic heterocycles. The van der Waals surface area contributed by atoms with E-state index in [2.05, 4.69) is 15.0 Å². The molecule has 0 bridgehead atoms. The van der Waals surface area contributed by atoms with E-state index in [1.165, 1.54) is 4.68 Å². The van der Waals surface area contributed by atoms with Crippen LogP contribution >= 0.6 is 0 Å². The van der Waals surface area contributed by atoms with Gasteiger partial charge in [0.25, 0.3) is 0 Å². The fraction of sp³-hybridized carbons (Fsp3) is 0.727. The van der Waals surface area contributed by atoms with Crippen molar-refractivity contribution in [2.75, 3.05) is 19.8 Å². The minimum atomic E-state index is -4.34. The number of carbonyl (C=O) groups excluding carboxylic acids is 1. The van der Waals surface area contributed by atoms with Crippen LogP contribution in [0.1, 0.15) is 29.5 Å². The minimum Gasteiger partial charge on any atom is -0.461 e. The molecule has 0 aliphatic rings. The second-order valence-electron chi connectivity index (χ2n) is 4.05. The molecule has 0 aliphatic carbocycles. The van der Waals surface area contributed by atoms with Crippen LogP contribution in [0.5, 0.6) is 0 Å². The van der Waals surface area contributed by atoms with Crippen LogP contribution in [-0.2, 0) is 22.6 Å². The van der Waals surface area contributed by atoms with E-state index >= 15 is 0 Å². The predicted octanol–water partition coefficient (Wildman–Crippen LogP) is 0.883. The van der Waals surface area contributed by atoms with Crippen LogP contribution in [0.3, 0.4) is 0 Å². The smallest absolute Gasteiger partial charge is 0.411 e. The van der Waals surface area contributed by atoms with Gasteiger partial charge in [-0.2, -0.15) is 13.2 Å². The predicted molar refractivity (Wildman–Crippen MR) is 65.4 cm³/mol. The number of esters is 1. The monoisotopic (exact) mass is 310 g/mol. The molecule has 0 saturated carbocycles. The average Bonchev–Trinajstić information content (AvgIpc) is 2.80. The molecule has 1 heterocycles. The van der Waals surface area contributed by atoms with Gasteiger partial charge in [0.2, 0.25) is 0 Å². The van der Waals surface area contributed by atoms with E-state index < -0.39 is 18.8 Å². The summed E-state index contributed by atoms with van der Waals surface area (Å²) in [6, 6.07) is 0. The van der Waals surface area contributed by atoms with Crippen LogP contribution in [0, 0.1) is 0 Å². The quantitative estimate of drug-likeness (QED) is 0.566. The van der Waals surface area contributed by atoms with E-state index in [4.69, 9.17) is 10.5 Å². The Bertz CT molecular complexity index is 462. The fourth-order valence-corrected chi connectivity index (χ4v) is 1.58. The Morgan fingerprint density at radius 3 is 2.71 bits per heavy atom. The van der Waals surface area contributed by atoms with Crippen LogP contribution in [0.2, 0.25) is 0 Å². The SMILES string of the molecule is CCOC(=O)c1nnn(CCCOCC(F)(F)F)c1CN. The second-order valence-corrected chi connectivity index (χ2v) is 4.05. The first-order chi connectivity index (χ1) is 9.89. The topological polar surface area (TPSA) is 92.3 Å². The van der Waals surface area contributed by atoms with Gasteiger partial charge in [-0.25, -0.2) is 9.48 Å². The summed E-state index contributed by atoms with van der Waals surface area (Å²) in [5.41, 5.74) is 5.93. The first-order valence-electron chi connectivity index (χ1n) is 6.33. The number of halogens is 3. The first kappa shape index (κ1) is 17.4. The molecule has 21 heavy (non-hydrogen) atoms. The summed E-state index contributed by atoms with van der Waals surface area (Å²) < 4.78 is 46.3. The third kappa shape index (κ3) is 5.68. The summed E-state index contributed by atoms with van der Waals surface area (Å²) in [4.78, 5) is 11.6. The summed E-state index contributed by atoms with van der Waals surface area (Å²) in [6.45, 7) is 0.741. The van der Waals surface area contributed by atoms with Crippen LogP contribution in [0.4, 0.5) is 13.2 Å². The van der Waals surface area contributed by atoms with Crippen molar-refractivity contribution in [3.05, 3.63) is 11.4 Å². The highest BCUT2D eigenvalue weighted by Crippen LogP contribution is 2.14. The van der Waals surface area contributed by atoms with Gasteiger partial charge < -0.3 is 15.2 Å². The van der Waals surface area contributed by atoms with Gasteiger partial charge >= 0.3 is 12.1 Å². The Kier molecular flexibility index (Phi) is 6.56. The van der Waals surface area contributed by atoms with Crippen molar-refractivity contribution in [2.45, 2.75) is 32.6 Å². The largest absolute Gasteiger partial charge is 0.461 e. The van der Waals surface area contributed by atoms with Crippen molar-refractivity contribution < 1.29 is 27.4 Å². The molecule has 0 aromatic carbocycles. The van der Waals surface area contributed by atoms with Gasteiger partial charge in [-0.05, 0) is 13.3 Å². The lowest BCUT2D eigenvalue weighted by atomic mass is 10.3. The highest BCUT2D eigenvalue weighted by atomic mass is 19.4. The summed E-state index contributed by atoms with van der Waals surface area (Å²) in [5.74, 6) is -0.627. The van der Waals surface area contributed by atoms with Crippen molar-refractivity contribution >= 4 is 5.97 Å². The molecule has 0 amide bonds. The molecular weight excluding hydrogens is 293 g/mol. The molecule has 0 spiro atoms. The lowest BCUT2D eigenvalue weighted by Gasteiger charge is -2.08. The average molecular weight is 310 g/mol. The van der Waals surface area contributed by atoms with Crippen LogP contribution in [0.15, 0.2) is 0 Å². The van der Waals surface area contributed by atoms with Crippen molar-refractivity contribution in [1.82, 2.24) is 15.0 Å². The number of rotatable bonds is 8. The number of aryl methyl sites for hydroxylation is 1. The molecule has 0 unspecified atom stereocenters. The standard InChI is InChI=1S/C11H17F3N4O3/c1-2-21-10(19)9-8(6-15)18(17-16-9)4-3-5-20-7-11(12,13)14/h2-7,15H2,1H3. The van der Waals surface area contributed by atoms with Gasteiger partial charge in [-0.3, -0.25) is 0 Å². The van der Waals surface area contributed by atoms with E-state index in [0.717, 1.165) is 0 Å². The van der Waals surface area contributed by atoms with Crippen LogP contribution in [-0.4, -0.2) is 47.0 Å². The number of alkyl halides is 3. The number of carbonyl (C=O) groups is 1. The minimum absolute atomic E-state index is 0.0184. The third-order valence-electron chi connectivity index (χ3n) is 2.42. The third-order valence-corrected chi connectivity index (χ3v) is 2.42. The lowest BCUT2D eigenvalue weighted by molar-refractivity contribution is -0.174. The number of hydrogen-bond acceptors (Lipinski definition) is 6. The highest BCUT2D eigenvalue weighted by Gasteiger charge is 2.27. The number of ether oxygens (including phenoxy) is 2. The Hall–Kier alpha value is -1.68. The van der Waals surface area contributed by atoms with Gasteiger partial charge in [-0.15, -0.1) is 5.10 Å². The molecular formula is C11H17F3N4O3. The van der Waals surface area contributed by atoms with Crippen molar-refractivity contribution in [3.63, 3.8) is 0 Å². The van der Waals surface area contributed by atoms with Gasteiger partial charge in [-0.1, -0.05) is 5.21 Å². The summed E-state index contributed by atoms with van der Waals surface area (Å²) >= 11 is 0. The molecule has 0 fully saturated rings. The summed E-state index contributed by atoms with van der Waals surface area (Å²) in [6.07, 6.45) is -4.05. The van der Waals surface area contributed by atoms with Gasteiger partial charge in [0.1, 0.15) is 6.61 Å². The van der Waals surface area contributed by atoms with E-state index in [9.17, 15) is 18.0 Å². The van der Waals surface area contributed by atoms with Crippen molar-refractivity contribution in [2.24, 2.45) is 5.73 Å². The zero-order chi connectivity index (χ0) is 15.9. The molecule has 10 heteroatoms. The Balaban J connectivity index is 2.50. The van der Waals surface area contributed by atoms with E-state index in [1.807, 2.05) is 0 Å². The molecule has 120 valence electrons. The molecule has 1 aromatic rings. The number of hydrogen-bond donors (Lipinski definition) is 1. The van der Waals surface area contributed by atoms with E-state index in [1.54, 1.807) is 6.92 Å². The zero-order valence-corrected chi connectivity index (χ0v) is 11.5. The number of nitrogens with two attached hydrogens (primary N) is 1. The molecule has 0 saturated heterocycles. The first-order valence-corrected chi connectivity index (χ1v) is 6.33. The lowest BCUT2D eigenvalue weighted by Crippen LogP contribution is -2.18.